The van der Waals surface area contributed by atoms with Gasteiger partial charge in [0.1, 0.15) is 0 Å². The van der Waals surface area contributed by atoms with Crippen molar-refractivity contribution in [2.75, 3.05) is 19.8 Å². The van der Waals surface area contributed by atoms with E-state index in [0.29, 0.717) is 19.8 Å². The Hall–Kier alpha value is -1.75. The van der Waals surface area contributed by atoms with Gasteiger partial charge >= 0.3 is 0 Å². The zero-order chi connectivity index (χ0) is 16.7. The fraction of sp³-hybridized carbons (Fsp3) is 0.611. The molecule has 0 aromatic heterocycles. The Kier molecular flexibility index (Phi) is 6.28. The first-order valence-electron chi connectivity index (χ1n) is 8.54. The second-order valence-electron chi connectivity index (χ2n) is 6.02. The minimum atomic E-state index is -0.657. The van der Waals surface area contributed by atoms with Gasteiger partial charge in [0.15, 0.2) is 11.5 Å². The first-order chi connectivity index (χ1) is 11.1. The van der Waals surface area contributed by atoms with Gasteiger partial charge in [-0.2, -0.15) is 0 Å². The molecule has 0 bridgehead atoms. The van der Waals surface area contributed by atoms with Crippen molar-refractivity contribution in [2.24, 2.45) is 5.73 Å². The summed E-state index contributed by atoms with van der Waals surface area (Å²) in [5.74, 6) is 1.49. The standard InChI is InChI=1S/C18H28N2O3/c1-3-22-15-8-7-14(13-16(15)23-4-2)9-12-20-17(21)18(19)10-5-6-11-18/h7-8,13H,3-6,9-12,19H2,1-2H3,(H,20,21). The van der Waals surface area contributed by atoms with Crippen LogP contribution in [0.5, 0.6) is 11.5 Å². The number of amides is 1. The number of carbonyl (C=O) groups is 1. The molecular formula is C18H28N2O3. The van der Waals surface area contributed by atoms with Crippen LogP contribution in [0.4, 0.5) is 0 Å². The average Bonchev–Trinajstić information content (AvgIpc) is 2.98. The SMILES string of the molecule is CCOc1ccc(CCNC(=O)C2(N)CCCC2)cc1OCC. The number of hydrogen-bond acceptors (Lipinski definition) is 4. The summed E-state index contributed by atoms with van der Waals surface area (Å²) >= 11 is 0. The maximum atomic E-state index is 12.2. The summed E-state index contributed by atoms with van der Waals surface area (Å²) in [6.07, 6.45) is 4.40. The third kappa shape index (κ3) is 4.61. The Labute approximate surface area is 138 Å². The molecule has 2 rings (SSSR count). The van der Waals surface area contributed by atoms with Gasteiger partial charge < -0.3 is 20.5 Å². The molecule has 0 atom stereocenters. The maximum absolute atomic E-state index is 12.2. The Balaban J connectivity index is 1.90. The number of rotatable bonds is 8. The van der Waals surface area contributed by atoms with Crippen LogP contribution in [0.3, 0.4) is 0 Å². The fourth-order valence-corrected chi connectivity index (χ4v) is 2.98. The van der Waals surface area contributed by atoms with Gasteiger partial charge in [-0.05, 0) is 50.8 Å². The van der Waals surface area contributed by atoms with Crippen molar-refractivity contribution in [1.82, 2.24) is 5.32 Å². The summed E-state index contributed by atoms with van der Waals surface area (Å²) in [5.41, 5.74) is 6.60. The van der Waals surface area contributed by atoms with Crippen LogP contribution in [0, 0.1) is 0 Å². The number of nitrogens with two attached hydrogens (primary N) is 1. The van der Waals surface area contributed by atoms with Gasteiger partial charge in [-0.3, -0.25) is 4.79 Å². The molecule has 0 heterocycles. The predicted molar refractivity (Wildman–Crippen MR) is 90.9 cm³/mol. The maximum Gasteiger partial charge on any atom is 0.240 e. The van der Waals surface area contributed by atoms with E-state index in [9.17, 15) is 4.79 Å². The van der Waals surface area contributed by atoms with E-state index in [2.05, 4.69) is 5.32 Å². The lowest BCUT2D eigenvalue weighted by molar-refractivity contribution is -0.126. The molecule has 5 nitrogen and oxygen atoms in total. The van der Waals surface area contributed by atoms with Gasteiger partial charge in [0.2, 0.25) is 5.91 Å². The molecule has 5 heteroatoms. The van der Waals surface area contributed by atoms with Gasteiger partial charge in [-0.1, -0.05) is 18.9 Å². The molecule has 1 aliphatic rings. The fourth-order valence-electron chi connectivity index (χ4n) is 2.98. The zero-order valence-electron chi connectivity index (χ0n) is 14.2. The third-order valence-corrected chi connectivity index (χ3v) is 4.26. The van der Waals surface area contributed by atoms with Gasteiger partial charge in [0.25, 0.3) is 0 Å². The van der Waals surface area contributed by atoms with Crippen LogP contribution < -0.4 is 20.5 Å². The van der Waals surface area contributed by atoms with E-state index < -0.39 is 5.54 Å². The van der Waals surface area contributed by atoms with Crippen LogP contribution in [0.25, 0.3) is 0 Å². The molecule has 1 amide bonds. The Morgan fingerprint density at radius 2 is 1.83 bits per heavy atom. The normalized spacial score (nSPS) is 16.1. The van der Waals surface area contributed by atoms with Crippen LogP contribution in [-0.4, -0.2) is 31.2 Å². The van der Waals surface area contributed by atoms with E-state index in [4.69, 9.17) is 15.2 Å². The van der Waals surface area contributed by atoms with Crippen molar-refractivity contribution in [3.63, 3.8) is 0 Å². The molecule has 1 aromatic rings. The van der Waals surface area contributed by atoms with Crippen LogP contribution in [0.2, 0.25) is 0 Å². The quantitative estimate of drug-likeness (QED) is 0.771. The van der Waals surface area contributed by atoms with E-state index in [1.54, 1.807) is 0 Å². The Morgan fingerprint density at radius 1 is 1.17 bits per heavy atom. The van der Waals surface area contributed by atoms with E-state index in [0.717, 1.165) is 49.2 Å². The molecular weight excluding hydrogens is 292 g/mol. The molecule has 1 fully saturated rings. The zero-order valence-corrected chi connectivity index (χ0v) is 14.2. The molecule has 1 aliphatic carbocycles. The van der Waals surface area contributed by atoms with E-state index in [1.807, 2.05) is 32.0 Å². The highest BCUT2D eigenvalue weighted by Crippen LogP contribution is 2.29. The van der Waals surface area contributed by atoms with Gasteiger partial charge in [0.05, 0.1) is 18.8 Å². The summed E-state index contributed by atoms with van der Waals surface area (Å²) in [5, 5.41) is 2.97. The molecule has 0 radical (unpaired) electrons. The van der Waals surface area contributed by atoms with Gasteiger partial charge in [-0.15, -0.1) is 0 Å². The summed E-state index contributed by atoms with van der Waals surface area (Å²) in [6, 6.07) is 5.91. The lowest BCUT2D eigenvalue weighted by Crippen LogP contribution is -2.52. The van der Waals surface area contributed by atoms with Gasteiger partial charge in [-0.25, -0.2) is 0 Å². The predicted octanol–water partition coefficient (Wildman–Crippen LogP) is 2.41. The smallest absolute Gasteiger partial charge is 0.240 e. The minimum Gasteiger partial charge on any atom is -0.490 e. The van der Waals surface area contributed by atoms with E-state index >= 15 is 0 Å². The van der Waals surface area contributed by atoms with Gasteiger partial charge in [0, 0.05) is 6.54 Å². The molecule has 0 saturated heterocycles. The second kappa shape index (κ2) is 8.20. The number of ether oxygens (including phenoxy) is 2. The first-order valence-corrected chi connectivity index (χ1v) is 8.54. The van der Waals surface area contributed by atoms with Crippen molar-refractivity contribution >= 4 is 5.91 Å². The highest BCUT2D eigenvalue weighted by Gasteiger charge is 2.36. The molecule has 1 saturated carbocycles. The third-order valence-electron chi connectivity index (χ3n) is 4.26. The van der Waals surface area contributed by atoms with Crippen LogP contribution in [-0.2, 0) is 11.2 Å². The summed E-state index contributed by atoms with van der Waals surface area (Å²) in [6.45, 7) is 5.68. The number of carbonyl (C=O) groups excluding carboxylic acids is 1. The summed E-state index contributed by atoms with van der Waals surface area (Å²) in [4.78, 5) is 12.2. The topological polar surface area (TPSA) is 73.6 Å². The van der Waals surface area contributed by atoms with Crippen molar-refractivity contribution in [3.8, 4) is 11.5 Å². The summed E-state index contributed by atoms with van der Waals surface area (Å²) < 4.78 is 11.2. The van der Waals surface area contributed by atoms with Crippen molar-refractivity contribution < 1.29 is 14.3 Å². The molecule has 23 heavy (non-hydrogen) atoms. The lowest BCUT2D eigenvalue weighted by Gasteiger charge is -2.22. The van der Waals surface area contributed by atoms with Crippen LogP contribution >= 0.6 is 0 Å². The second-order valence-corrected chi connectivity index (χ2v) is 6.02. The van der Waals surface area contributed by atoms with E-state index in [-0.39, 0.29) is 5.91 Å². The average molecular weight is 320 g/mol. The van der Waals surface area contributed by atoms with E-state index in [1.165, 1.54) is 0 Å². The van der Waals surface area contributed by atoms with Crippen molar-refractivity contribution in [2.45, 2.75) is 51.5 Å². The molecule has 0 unspecified atom stereocenters. The highest BCUT2D eigenvalue weighted by atomic mass is 16.5. The number of benzene rings is 1. The van der Waals surface area contributed by atoms with Crippen molar-refractivity contribution in [1.29, 1.82) is 0 Å². The minimum absolute atomic E-state index is 0.0223. The Morgan fingerprint density at radius 3 is 2.48 bits per heavy atom. The molecule has 128 valence electrons. The highest BCUT2D eigenvalue weighted by molar-refractivity contribution is 5.86. The van der Waals surface area contributed by atoms with Crippen LogP contribution in [0.15, 0.2) is 18.2 Å². The van der Waals surface area contributed by atoms with Crippen LogP contribution in [0.1, 0.15) is 45.1 Å². The number of hydrogen-bond donors (Lipinski definition) is 2. The van der Waals surface area contributed by atoms with Crippen molar-refractivity contribution in [3.05, 3.63) is 23.8 Å². The molecule has 0 spiro atoms. The molecule has 0 aliphatic heterocycles. The first kappa shape index (κ1) is 17.6. The number of nitrogens with one attached hydrogen (secondary N) is 1. The molecule has 1 aromatic carbocycles. The molecule has 3 N–H and O–H groups in total. The lowest BCUT2D eigenvalue weighted by atomic mass is 9.98. The summed E-state index contributed by atoms with van der Waals surface area (Å²) in [7, 11) is 0. The monoisotopic (exact) mass is 320 g/mol. The Bertz CT molecular complexity index is 525. The largest absolute Gasteiger partial charge is 0.490 e.